The number of amides is 1. The molecular formula is C18H20N2O4. The fourth-order valence-corrected chi connectivity index (χ4v) is 2.00. The van der Waals surface area contributed by atoms with Crippen LogP contribution in [-0.4, -0.2) is 29.6 Å². The van der Waals surface area contributed by atoms with Gasteiger partial charge in [0.15, 0.2) is 0 Å². The minimum atomic E-state index is -1.14. The van der Waals surface area contributed by atoms with E-state index in [-0.39, 0.29) is 18.9 Å². The van der Waals surface area contributed by atoms with E-state index in [1.54, 1.807) is 24.3 Å². The lowest BCUT2D eigenvalue weighted by Crippen LogP contribution is -2.42. The fourth-order valence-electron chi connectivity index (χ4n) is 2.00. The molecule has 6 nitrogen and oxygen atoms in total. The Balaban J connectivity index is 1.79. The van der Waals surface area contributed by atoms with Crippen molar-refractivity contribution in [2.45, 2.75) is 19.1 Å². The van der Waals surface area contributed by atoms with Crippen molar-refractivity contribution in [3.8, 4) is 5.75 Å². The molecule has 0 aromatic heterocycles. The van der Waals surface area contributed by atoms with E-state index < -0.39 is 12.0 Å². The molecule has 0 saturated heterocycles. The Morgan fingerprint density at radius 2 is 1.71 bits per heavy atom. The first kappa shape index (κ1) is 17.5. The van der Waals surface area contributed by atoms with E-state index >= 15 is 0 Å². The summed E-state index contributed by atoms with van der Waals surface area (Å²) in [5.41, 5.74) is 7.22. The molecule has 0 unspecified atom stereocenters. The second-order valence-electron chi connectivity index (χ2n) is 5.34. The number of nitrogens with one attached hydrogen (secondary N) is 1. The summed E-state index contributed by atoms with van der Waals surface area (Å²) >= 11 is 0. The van der Waals surface area contributed by atoms with Gasteiger partial charge in [0, 0.05) is 6.54 Å². The maximum Gasteiger partial charge on any atom is 0.322 e. The van der Waals surface area contributed by atoms with Crippen LogP contribution < -0.4 is 15.8 Å². The second-order valence-corrected chi connectivity index (χ2v) is 5.34. The predicted octanol–water partition coefficient (Wildman–Crippen LogP) is 1.34. The number of hydrogen-bond acceptors (Lipinski definition) is 4. The summed E-state index contributed by atoms with van der Waals surface area (Å²) in [7, 11) is 0. The van der Waals surface area contributed by atoms with Gasteiger partial charge in [-0.3, -0.25) is 9.59 Å². The van der Waals surface area contributed by atoms with Gasteiger partial charge >= 0.3 is 5.97 Å². The summed E-state index contributed by atoms with van der Waals surface area (Å²) in [6.07, 6.45) is 0.158. The molecule has 0 radical (unpaired) electrons. The fraction of sp³-hybridized carbons (Fsp3) is 0.222. The molecule has 4 N–H and O–H groups in total. The number of carbonyl (C=O) groups is 2. The molecular weight excluding hydrogens is 308 g/mol. The Morgan fingerprint density at radius 1 is 1.04 bits per heavy atom. The van der Waals surface area contributed by atoms with Gasteiger partial charge in [-0.2, -0.15) is 0 Å². The number of carboxylic acid groups (broad SMARTS) is 1. The van der Waals surface area contributed by atoms with Crippen LogP contribution in [0.3, 0.4) is 0 Å². The van der Waals surface area contributed by atoms with Crippen LogP contribution in [0.15, 0.2) is 54.6 Å². The van der Waals surface area contributed by atoms with E-state index in [1.807, 2.05) is 30.3 Å². The first-order valence-electron chi connectivity index (χ1n) is 7.55. The quantitative estimate of drug-likeness (QED) is 0.679. The summed E-state index contributed by atoms with van der Waals surface area (Å²) in [6, 6.07) is 15.9. The average molecular weight is 328 g/mol. The van der Waals surface area contributed by atoms with Crippen molar-refractivity contribution in [2.24, 2.45) is 5.73 Å². The van der Waals surface area contributed by atoms with Crippen LogP contribution in [0.2, 0.25) is 0 Å². The van der Waals surface area contributed by atoms with Crippen LogP contribution in [-0.2, 0) is 22.6 Å². The number of carbonyl (C=O) groups excluding carboxylic acids is 1. The number of aliphatic carboxylic acids is 1. The maximum atomic E-state index is 11.7. The Kier molecular flexibility index (Phi) is 6.33. The van der Waals surface area contributed by atoms with Crippen molar-refractivity contribution in [3.63, 3.8) is 0 Å². The van der Waals surface area contributed by atoms with Crippen LogP contribution in [0.5, 0.6) is 5.75 Å². The second kappa shape index (κ2) is 8.69. The van der Waals surface area contributed by atoms with Crippen LogP contribution in [0.25, 0.3) is 0 Å². The highest BCUT2D eigenvalue weighted by Gasteiger charge is 2.12. The molecule has 0 saturated carbocycles. The van der Waals surface area contributed by atoms with Gasteiger partial charge in [-0.1, -0.05) is 42.5 Å². The zero-order chi connectivity index (χ0) is 17.4. The van der Waals surface area contributed by atoms with Gasteiger partial charge in [0.05, 0.1) is 6.42 Å². The van der Waals surface area contributed by atoms with Gasteiger partial charge in [0.2, 0.25) is 5.91 Å². The molecule has 0 fully saturated rings. The highest BCUT2D eigenvalue weighted by Crippen LogP contribution is 2.14. The smallest absolute Gasteiger partial charge is 0.322 e. The van der Waals surface area contributed by atoms with E-state index in [0.29, 0.717) is 6.61 Å². The minimum Gasteiger partial charge on any atom is -0.489 e. The van der Waals surface area contributed by atoms with Crippen molar-refractivity contribution in [3.05, 3.63) is 65.7 Å². The molecule has 0 spiro atoms. The number of ether oxygens (including phenoxy) is 1. The van der Waals surface area contributed by atoms with E-state index in [1.165, 1.54) is 0 Å². The van der Waals surface area contributed by atoms with Gasteiger partial charge in [-0.05, 0) is 23.3 Å². The van der Waals surface area contributed by atoms with Crippen LogP contribution in [0.4, 0.5) is 0 Å². The summed E-state index contributed by atoms with van der Waals surface area (Å²) in [5.74, 6) is -0.698. The highest BCUT2D eigenvalue weighted by molar-refractivity contribution is 5.80. The maximum absolute atomic E-state index is 11.7. The number of nitrogens with two attached hydrogens (primary N) is 1. The van der Waals surface area contributed by atoms with Crippen molar-refractivity contribution < 1.29 is 19.4 Å². The van der Waals surface area contributed by atoms with Gasteiger partial charge in [-0.25, -0.2) is 0 Å². The monoisotopic (exact) mass is 328 g/mol. The zero-order valence-corrected chi connectivity index (χ0v) is 13.1. The first-order chi connectivity index (χ1) is 11.5. The topological polar surface area (TPSA) is 102 Å². The molecule has 2 aromatic rings. The SMILES string of the molecule is N[C@@H](CNC(=O)Cc1ccc(OCc2ccccc2)cc1)C(=O)O. The van der Waals surface area contributed by atoms with E-state index in [4.69, 9.17) is 15.6 Å². The summed E-state index contributed by atoms with van der Waals surface area (Å²) < 4.78 is 5.67. The lowest BCUT2D eigenvalue weighted by atomic mass is 10.1. The average Bonchev–Trinajstić information content (AvgIpc) is 2.60. The molecule has 0 aliphatic carbocycles. The van der Waals surface area contributed by atoms with Crippen LogP contribution >= 0.6 is 0 Å². The number of benzene rings is 2. The Morgan fingerprint density at radius 3 is 2.33 bits per heavy atom. The number of hydrogen-bond donors (Lipinski definition) is 3. The van der Waals surface area contributed by atoms with E-state index in [0.717, 1.165) is 16.9 Å². The van der Waals surface area contributed by atoms with Gasteiger partial charge < -0.3 is 20.9 Å². The molecule has 1 atom stereocenters. The molecule has 0 aliphatic heterocycles. The third-order valence-electron chi connectivity index (χ3n) is 3.37. The third kappa shape index (κ3) is 5.73. The summed E-state index contributed by atoms with van der Waals surface area (Å²) in [4.78, 5) is 22.3. The molecule has 0 aliphatic rings. The van der Waals surface area contributed by atoms with Crippen molar-refractivity contribution in [1.82, 2.24) is 5.32 Å². The first-order valence-corrected chi connectivity index (χ1v) is 7.55. The molecule has 126 valence electrons. The standard InChI is InChI=1S/C18H20N2O4/c19-16(18(22)23)11-20-17(21)10-13-6-8-15(9-7-13)24-12-14-4-2-1-3-5-14/h1-9,16H,10-12,19H2,(H,20,21)(H,22,23)/t16-/m0/s1. The molecule has 0 heterocycles. The normalized spacial score (nSPS) is 11.5. The summed E-state index contributed by atoms with van der Waals surface area (Å²) in [5, 5.41) is 11.2. The zero-order valence-electron chi connectivity index (χ0n) is 13.1. The number of carboxylic acids is 1. The highest BCUT2D eigenvalue weighted by atomic mass is 16.5. The van der Waals surface area contributed by atoms with E-state index in [2.05, 4.69) is 5.32 Å². The Bertz CT molecular complexity index is 671. The minimum absolute atomic E-state index is 0.0908. The molecule has 24 heavy (non-hydrogen) atoms. The Hall–Kier alpha value is -2.86. The molecule has 1 amide bonds. The van der Waals surface area contributed by atoms with Gasteiger partial charge in [0.1, 0.15) is 18.4 Å². The molecule has 0 bridgehead atoms. The summed E-state index contributed by atoms with van der Waals surface area (Å²) in [6.45, 7) is 0.389. The molecule has 2 aromatic carbocycles. The van der Waals surface area contributed by atoms with Crippen LogP contribution in [0, 0.1) is 0 Å². The molecule has 6 heteroatoms. The van der Waals surface area contributed by atoms with Gasteiger partial charge in [0.25, 0.3) is 0 Å². The van der Waals surface area contributed by atoms with Crippen molar-refractivity contribution in [1.29, 1.82) is 0 Å². The van der Waals surface area contributed by atoms with Gasteiger partial charge in [-0.15, -0.1) is 0 Å². The Labute approximate surface area is 140 Å². The lowest BCUT2D eigenvalue weighted by Gasteiger charge is -2.09. The van der Waals surface area contributed by atoms with Crippen LogP contribution in [0.1, 0.15) is 11.1 Å². The van der Waals surface area contributed by atoms with Crippen molar-refractivity contribution in [2.75, 3.05) is 6.54 Å². The van der Waals surface area contributed by atoms with Crippen molar-refractivity contribution >= 4 is 11.9 Å². The lowest BCUT2D eigenvalue weighted by molar-refractivity contribution is -0.138. The third-order valence-corrected chi connectivity index (χ3v) is 3.37. The molecule has 2 rings (SSSR count). The number of rotatable bonds is 8. The predicted molar refractivity (Wildman–Crippen MR) is 89.5 cm³/mol. The largest absolute Gasteiger partial charge is 0.489 e. The van der Waals surface area contributed by atoms with E-state index in [9.17, 15) is 9.59 Å².